The van der Waals surface area contributed by atoms with Crippen molar-refractivity contribution in [3.05, 3.63) is 113 Å². The molecule has 0 saturated heterocycles. The molecule has 5 nitrogen and oxygen atoms in total. The Labute approximate surface area is 272 Å². The Kier molecular flexibility index (Phi) is 13.0. The van der Waals surface area contributed by atoms with E-state index in [0.29, 0.717) is 19.3 Å². The Balaban J connectivity index is 1.99. The number of aliphatic hydroxyl groups is 5. The highest BCUT2D eigenvalue weighted by molar-refractivity contribution is 5.34. The maximum Gasteiger partial charge on any atom is 0.117 e. The van der Waals surface area contributed by atoms with Crippen molar-refractivity contribution >= 4 is 0 Å². The van der Waals surface area contributed by atoms with Crippen molar-refractivity contribution in [2.45, 2.75) is 124 Å². The van der Waals surface area contributed by atoms with Crippen LogP contribution in [0.3, 0.4) is 0 Å². The normalized spacial score (nSPS) is 33.5. The van der Waals surface area contributed by atoms with E-state index in [2.05, 4.69) is 5.73 Å². The standard InChI is InChI=1S/C40H58O5/c1-29(17-13-19-31(3)21-22-35-36(5,6)25-33(41)27-38(35,9)43)15-11-12-16-30(2)18-14-20-32(4)23-24-40(45)37(7,8)26-34(42)28-39(40,10)44/h11-21,23-24,33-34,41-45H,25-28H2,1-10H3/b12-11+,17-13+,18-14+,24-23+,29-15+,30-16+,31-19+,32-20+/t22?,33-,34-,38+,39+,40+/m0/s1. The maximum absolute atomic E-state index is 11.4. The van der Waals surface area contributed by atoms with Crippen LogP contribution in [0, 0.1) is 10.8 Å². The summed E-state index contributed by atoms with van der Waals surface area (Å²) in [5.41, 5.74) is 3.34. The minimum Gasteiger partial charge on any atom is -0.393 e. The summed E-state index contributed by atoms with van der Waals surface area (Å²) in [5, 5.41) is 53.4. The van der Waals surface area contributed by atoms with E-state index in [1.807, 2.05) is 128 Å². The van der Waals surface area contributed by atoms with Crippen LogP contribution in [0.25, 0.3) is 0 Å². The fraction of sp³-hybridized carbons (Fsp3) is 0.525. The molecule has 0 aromatic heterocycles. The SMILES string of the molecule is C\C(C=C=C1C(C)(C)C[C@H](O)C[C@@]1(C)O)=C/C=C/C(C)=C/C=C/C=C(C)/C=C/C=C(C)/C=C/[C@@]1(O)C(C)(C)C[C@H](O)C[C@@]1(C)O. The molecule has 2 rings (SSSR count). The van der Waals surface area contributed by atoms with Crippen molar-refractivity contribution in [3.8, 4) is 0 Å². The van der Waals surface area contributed by atoms with Gasteiger partial charge in [-0.3, -0.25) is 0 Å². The van der Waals surface area contributed by atoms with Gasteiger partial charge in [-0.15, -0.1) is 5.73 Å². The van der Waals surface area contributed by atoms with E-state index in [1.165, 1.54) is 0 Å². The van der Waals surface area contributed by atoms with Gasteiger partial charge in [0.1, 0.15) is 5.60 Å². The lowest BCUT2D eigenvalue weighted by atomic mass is 9.57. The molecule has 248 valence electrons. The molecule has 2 saturated carbocycles. The first kappa shape index (κ1) is 38.4. The quantitative estimate of drug-likeness (QED) is 0.135. The fourth-order valence-electron chi connectivity index (χ4n) is 6.74. The van der Waals surface area contributed by atoms with Crippen molar-refractivity contribution in [1.82, 2.24) is 0 Å². The van der Waals surface area contributed by atoms with Gasteiger partial charge >= 0.3 is 0 Å². The first-order valence-corrected chi connectivity index (χ1v) is 16.0. The average Bonchev–Trinajstić information content (AvgIpc) is 2.86. The monoisotopic (exact) mass is 618 g/mol. The Bertz CT molecular complexity index is 1320. The van der Waals surface area contributed by atoms with Crippen LogP contribution < -0.4 is 0 Å². The van der Waals surface area contributed by atoms with E-state index < -0.39 is 34.4 Å². The van der Waals surface area contributed by atoms with Gasteiger partial charge in [-0.2, -0.15) is 0 Å². The number of hydrogen-bond donors (Lipinski definition) is 5. The average molecular weight is 619 g/mol. The minimum atomic E-state index is -1.45. The minimum absolute atomic E-state index is 0.132. The number of hydrogen-bond acceptors (Lipinski definition) is 5. The van der Waals surface area contributed by atoms with Gasteiger partial charge in [0.15, 0.2) is 0 Å². The second-order valence-corrected chi connectivity index (χ2v) is 14.9. The molecular formula is C40H58O5. The molecule has 0 aromatic rings. The molecule has 5 atom stereocenters. The van der Waals surface area contributed by atoms with Crippen molar-refractivity contribution in [2.24, 2.45) is 10.8 Å². The number of rotatable bonds is 9. The van der Waals surface area contributed by atoms with Crippen LogP contribution in [0.5, 0.6) is 0 Å². The molecule has 45 heavy (non-hydrogen) atoms. The third kappa shape index (κ3) is 10.6. The zero-order valence-electron chi connectivity index (χ0n) is 29.2. The number of aliphatic hydroxyl groups excluding tert-OH is 2. The summed E-state index contributed by atoms with van der Waals surface area (Å²) >= 11 is 0. The van der Waals surface area contributed by atoms with Gasteiger partial charge in [0.25, 0.3) is 0 Å². The molecule has 0 radical (unpaired) electrons. The van der Waals surface area contributed by atoms with Gasteiger partial charge in [0.05, 0.1) is 23.4 Å². The lowest BCUT2D eigenvalue weighted by molar-refractivity contribution is -0.216. The third-order valence-corrected chi connectivity index (χ3v) is 9.12. The highest BCUT2D eigenvalue weighted by Gasteiger charge is 2.58. The van der Waals surface area contributed by atoms with Crippen LogP contribution >= 0.6 is 0 Å². The van der Waals surface area contributed by atoms with E-state index in [1.54, 1.807) is 19.9 Å². The van der Waals surface area contributed by atoms with E-state index in [4.69, 9.17) is 0 Å². The van der Waals surface area contributed by atoms with Gasteiger partial charge < -0.3 is 25.5 Å². The summed E-state index contributed by atoms with van der Waals surface area (Å²) < 4.78 is 0. The Hall–Kier alpha value is -2.76. The van der Waals surface area contributed by atoms with E-state index in [0.717, 1.165) is 27.9 Å². The molecule has 0 bridgehead atoms. The molecule has 2 aliphatic rings. The molecule has 0 spiro atoms. The summed E-state index contributed by atoms with van der Waals surface area (Å²) in [7, 11) is 0. The molecule has 0 unspecified atom stereocenters. The fourth-order valence-corrected chi connectivity index (χ4v) is 6.74. The Morgan fingerprint density at radius 1 is 0.622 bits per heavy atom. The zero-order chi connectivity index (χ0) is 34.3. The van der Waals surface area contributed by atoms with Gasteiger partial charge in [-0.25, -0.2) is 0 Å². The molecule has 0 amide bonds. The maximum atomic E-state index is 11.4. The van der Waals surface area contributed by atoms with E-state index >= 15 is 0 Å². The van der Waals surface area contributed by atoms with Gasteiger partial charge in [0.2, 0.25) is 0 Å². The summed E-state index contributed by atoms with van der Waals surface area (Å²) in [5.74, 6) is 0. The summed E-state index contributed by atoms with van der Waals surface area (Å²) in [6.07, 6.45) is 25.8. The highest BCUT2D eigenvalue weighted by Crippen LogP contribution is 2.50. The van der Waals surface area contributed by atoms with Crippen molar-refractivity contribution in [2.75, 3.05) is 0 Å². The smallest absolute Gasteiger partial charge is 0.117 e. The summed E-state index contributed by atoms with van der Waals surface area (Å²) in [6, 6.07) is 0. The molecule has 0 aliphatic heterocycles. The highest BCUT2D eigenvalue weighted by atomic mass is 16.4. The predicted octanol–water partition coefficient (Wildman–Crippen LogP) is 7.67. The first-order valence-electron chi connectivity index (χ1n) is 16.0. The second kappa shape index (κ2) is 15.2. The molecule has 2 aliphatic carbocycles. The topological polar surface area (TPSA) is 101 Å². The lowest BCUT2D eigenvalue weighted by Crippen LogP contribution is -2.65. The largest absolute Gasteiger partial charge is 0.393 e. The van der Waals surface area contributed by atoms with Crippen LogP contribution in [0.4, 0.5) is 0 Å². The molecule has 5 N–H and O–H groups in total. The van der Waals surface area contributed by atoms with Crippen LogP contribution in [-0.2, 0) is 0 Å². The van der Waals surface area contributed by atoms with Crippen molar-refractivity contribution < 1.29 is 25.5 Å². The summed E-state index contributed by atoms with van der Waals surface area (Å²) in [4.78, 5) is 0. The molecule has 0 aromatic carbocycles. The van der Waals surface area contributed by atoms with Crippen LogP contribution in [-0.4, -0.2) is 54.5 Å². The predicted molar refractivity (Wildman–Crippen MR) is 187 cm³/mol. The molecule has 2 fully saturated rings. The Morgan fingerprint density at radius 2 is 1.09 bits per heavy atom. The molecule has 0 heterocycles. The van der Waals surface area contributed by atoms with Crippen molar-refractivity contribution in [1.29, 1.82) is 0 Å². The molecular weight excluding hydrogens is 560 g/mol. The molecule has 5 heteroatoms. The van der Waals surface area contributed by atoms with Crippen LogP contribution in [0.2, 0.25) is 0 Å². The van der Waals surface area contributed by atoms with Gasteiger partial charge in [-0.05, 0) is 77.5 Å². The van der Waals surface area contributed by atoms with Crippen molar-refractivity contribution in [3.63, 3.8) is 0 Å². The van der Waals surface area contributed by atoms with Gasteiger partial charge in [-0.1, -0.05) is 111 Å². The number of allylic oxidation sites excluding steroid dienone is 15. The Morgan fingerprint density at radius 3 is 1.60 bits per heavy atom. The second-order valence-electron chi connectivity index (χ2n) is 14.9. The first-order chi connectivity index (χ1) is 20.6. The lowest BCUT2D eigenvalue weighted by Gasteiger charge is -2.54. The van der Waals surface area contributed by atoms with E-state index in [9.17, 15) is 25.5 Å². The van der Waals surface area contributed by atoms with Crippen LogP contribution in [0.15, 0.2) is 113 Å². The zero-order valence-corrected chi connectivity index (χ0v) is 29.2. The van der Waals surface area contributed by atoms with Gasteiger partial charge in [0, 0.05) is 23.8 Å². The summed E-state index contributed by atoms with van der Waals surface area (Å²) in [6.45, 7) is 19.2. The van der Waals surface area contributed by atoms with E-state index in [-0.39, 0.29) is 11.8 Å². The van der Waals surface area contributed by atoms with Crippen LogP contribution in [0.1, 0.15) is 94.9 Å². The third-order valence-electron chi connectivity index (χ3n) is 9.12.